The maximum Gasteiger partial charge on any atom is 0.326 e. The highest BCUT2D eigenvalue weighted by Crippen LogP contribution is 2.34. The van der Waals surface area contributed by atoms with Crippen LogP contribution in [0, 0.1) is 6.92 Å². The Hall–Kier alpha value is -3.13. The van der Waals surface area contributed by atoms with Crippen molar-refractivity contribution in [2.75, 3.05) is 13.7 Å². The summed E-state index contributed by atoms with van der Waals surface area (Å²) in [7, 11) is 1.63. The van der Waals surface area contributed by atoms with Gasteiger partial charge in [0.2, 0.25) is 0 Å². The summed E-state index contributed by atoms with van der Waals surface area (Å²) in [5, 5.41) is 7.89. The van der Waals surface area contributed by atoms with Gasteiger partial charge in [0.05, 0.1) is 18.1 Å². The first-order valence-electron chi connectivity index (χ1n) is 11.4. The summed E-state index contributed by atoms with van der Waals surface area (Å²) in [5.41, 5.74) is 5.60. The molecule has 0 unspecified atom stereocenters. The van der Waals surface area contributed by atoms with E-state index in [0.717, 1.165) is 66.4 Å². The van der Waals surface area contributed by atoms with E-state index in [2.05, 4.69) is 46.4 Å². The van der Waals surface area contributed by atoms with Crippen LogP contribution in [0.4, 0.5) is 0 Å². The number of rotatable bonds is 6. The van der Waals surface area contributed by atoms with E-state index in [-0.39, 0.29) is 11.7 Å². The molecule has 2 N–H and O–H groups in total. The number of benzene rings is 1. The van der Waals surface area contributed by atoms with Gasteiger partial charge in [0.15, 0.2) is 11.4 Å². The summed E-state index contributed by atoms with van der Waals surface area (Å²) in [4.78, 5) is 20.3. The number of hydrogen-bond acceptors (Lipinski definition) is 5. The lowest BCUT2D eigenvalue weighted by atomic mass is 9.90. The quantitative estimate of drug-likeness (QED) is 0.481. The van der Waals surface area contributed by atoms with E-state index in [1.165, 1.54) is 6.33 Å². The lowest BCUT2D eigenvalue weighted by molar-refractivity contribution is 0.292. The normalized spacial score (nSPS) is 19.1. The maximum absolute atomic E-state index is 12.9. The lowest BCUT2D eigenvalue weighted by Gasteiger charge is -2.30. The van der Waals surface area contributed by atoms with Crippen molar-refractivity contribution in [3.63, 3.8) is 0 Å². The van der Waals surface area contributed by atoms with Crippen molar-refractivity contribution in [2.24, 2.45) is 0 Å². The fraction of sp³-hybridized carbons (Fsp3) is 0.458. The number of imidazole rings is 1. The van der Waals surface area contributed by atoms with Gasteiger partial charge in [0, 0.05) is 23.8 Å². The SMILES string of the molecule is CCCNC1CCC(n2c(=O)[nH]c3cc(-c4cc(OC)c5ncnn5c4)c(C)cc32)CC1. The molecule has 4 aromatic rings. The van der Waals surface area contributed by atoms with Gasteiger partial charge in [-0.1, -0.05) is 6.92 Å². The molecule has 168 valence electrons. The Kier molecular flexibility index (Phi) is 5.46. The monoisotopic (exact) mass is 434 g/mol. The number of aryl methyl sites for hydroxylation is 1. The second kappa shape index (κ2) is 8.43. The van der Waals surface area contributed by atoms with Crippen molar-refractivity contribution in [1.29, 1.82) is 0 Å². The van der Waals surface area contributed by atoms with Crippen LogP contribution in [0.5, 0.6) is 5.75 Å². The second-order valence-electron chi connectivity index (χ2n) is 8.77. The Morgan fingerprint density at radius 1 is 1.22 bits per heavy atom. The van der Waals surface area contributed by atoms with Gasteiger partial charge >= 0.3 is 5.69 Å². The number of hydrogen-bond donors (Lipinski definition) is 2. The molecule has 1 aromatic carbocycles. The summed E-state index contributed by atoms with van der Waals surface area (Å²) < 4.78 is 9.22. The average molecular weight is 435 g/mol. The summed E-state index contributed by atoms with van der Waals surface area (Å²) in [5.74, 6) is 0.666. The predicted octanol–water partition coefficient (Wildman–Crippen LogP) is 3.84. The standard InChI is InChI=1S/C24H30N6O2/c1-4-9-25-17-5-7-18(8-6-17)30-21-10-15(2)19(12-20(21)28-24(30)31)16-11-22(32-3)23-26-14-27-29(23)13-16/h10-14,17-18,25H,4-9H2,1-3H3,(H,28,31). The number of ether oxygens (including phenoxy) is 1. The Bertz CT molecular complexity index is 1310. The summed E-state index contributed by atoms with van der Waals surface area (Å²) in [6.45, 7) is 5.34. The lowest BCUT2D eigenvalue weighted by Crippen LogP contribution is -2.35. The van der Waals surface area contributed by atoms with Crippen molar-refractivity contribution in [2.45, 2.75) is 58.0 Å². The average Bonchev–Trinajstić information content (AvgIpc) is 3.40. The summed E-state index contributed by atoms with van der Waals surface area (Å²) >= 11 is 0. The largest absolute Gasteiger partial charge is 0.493 e. The molecule has 3 heterocycles. The fourth-order valence-electron chi connectivity index (χ4n) is 5.03. The van der Waals surface area contributed by atoms with Crippen LogP contribution < -0.4 is 15.7 Å². The number of fused-ring (bicyclic) bond motifs is 2. The van der Waals surface area contributed by atoms with Gasteiger partial charge in [-0.25, -0.2) is 14.3 Å². The highest BCUT2D eigenvalue weighted by molar-refractivity contribution is 5.85. The molecule has 0 aliphatic heterocycles. The van der Waals surface area contributed by atoms with Crippen LogP contribution in [0.3, 0.4) is 0 Å². The predicted molar refractivity (Wildman–Crippen MR) is 125 cm³/mol. The molecule has 0 spiro atoms. The molecule has 1 fully saturated rings. The first kappa shape index (κ1) is 20.8. The minimum atomic E-state index is -0.0224. The maximum atomic E-state index is 12.9. The third kappa shape index (κ3) is 3.58. The molecule has 8 nitrogen and oxygen atoms in total. The number of H-pyrrole nitrogens is 1. The van der Waals surface area contributed by atoms with Gasteiger partial charge in [-0.05, 0) is 74.9 Å². The van der Waals surface area contributed by atoms with Gasteiger partial charge in [0.1, 0.15) is 6.33 Å². The van der Waals surface area contributed by atoms with Crippen LogP contribution >= 0.6 is 0 Å². The van der Waals surface area contributed by atoms with E-state index in [1.807, 2.05) is 16.8 Å². The molecule has 5 rings (SSSR count). The fourth-order valence-corrected chi connectivity index (χ4v) is 5.03. The van der Waals surface area contributed by atoms with Crippen LogP contribution in [-0.2, 0) is 0 Å². The zero-order chi connectivity index (χ0) is 22.2. The molecule has 0 amide bonds. The molecule has 1 saturated carbocycles. The van der Waals surface area contributed by atoms with Gasteiger partial charge in [-0.15, -0.1) is 0 Å². The van der Waals surface area contributed by atoms with Gasteiger partial charge in [0.25, 0.3) is 0 Å². The summed E-state index contributed by atoms with van der Waals surface area (Å²) in [6, 6.07) is 6.98. The topological polar surface area (TPSA) is 89.2 Å². The number of methoxy groups -OCH3 is 1. The molecule has 32 heavy (non-hydrogen) atoms. The van der Waals surface area contributed by atoms with E-state index in [1.54, 1.807) is 11.6 Å². The minimum absolute atomic E-state index is 0.0224. The first-order valence-corrected chi connectivity index (χ1v) is 11.4. The molecule has 8 heteroatoms. The van der Waals surface area contributed by atoms with Crippen LogP contribution in [0.15, 0.2) is 35.5 Å². The Balaban J connectivity index is 1.50. The molecular formula is C24H30N6O2. The third-order valence-electron chi connectivity index (χ3n) is 6.68. The van der Waals surface area contributed by atoms with Gasteiger partial charge in [-0.2, -0.15) is 5.10 Å². The van der Waals surface area contributed by atoms with E-state index in [4.69, 9.17) is 4.74 Å². The zero-order valence-corrected chi connectivity index (χ0v) is 18.9. The number of pyridine rings is 1. The zero-order valence-electron chi connectivity index (χ0n) is 18.9. The van der Waals surface area contributed by atoms with Crippen molar-refractivity contribution in [1.82, 2.24) is 29.5 Å². The number of nitrogens with one attached hydrogen (secondary N) is 2. The van der Waals surface area contributed by atoms with Crippen LogP contribution in [0.2, 0.25) is 0 Å². The second-order valence-corrected chi connectivity index (χ2v) is 8.77. The first-order chi connectivity index (χ1) is 15.6. The van der Waals surface area contributed by atoms with Crippen molar-refractivity contribution in [3.8, 4) is 16.9 Å². The Labute approximate surface area is 186 Å². The smallest absolute Gasteiger partial charge is 0.326 e. The molecule has 0 radical (unpaired) electrons. The number of nitrogens with zero attached hydrogens (tertiary/aromatic N) is 4. The summed E-state index contributed by atoms with van der Waals surface area (Å²) in [6.07, 6.45) is 8.88. The Morgan fingerprint density at radius 3 is 2.78 bits per heavy atom. The number of aromatic nitrogens is 5. The van der Waals surface area contributed by atoms with Crippen molar-refractivity contribution in [3.05, 3.63) is 46.8 Å². The Morgan fingerprint density at radius 2 is 2.03 bits per heavy atom. The van der Waals surface area contributed by atoms with E-state index >= 15 is 0 Å². The molecule has 3 aromatic heterocycles. The number of aromatic amines is 1. The van der Waals surface area contributed by atoms with Crippen LogP contribution in [0.1, 0.15) is 50.6 Å². The van der Waals surface area contributed by atoms with Crippen LogP contribution in [0.25, 0.3) is 27.8 Å². The van der Waals surface area contributed by atoms with E-state index < -0.39 is 0 Å². The third-order valence-corrected chi connectivity index (χ3v) is 6.68. The van der Waals surface area contributed by atoms with E-state index in [0.29, 0.717) is 17.4 Å². The highest BCUT2D eigenvalue weighted by Gasteiger charge is 2.25. The highest BCUT2D eigenvalue weighted by atomic mass is 16.5. The van der Waals surface area contributed by atoms with Gasteiger partial charge in [-0.3, -0.25) is 4.57 Å². The van der Waals surface area contributed by atoms with Crippen molar-refractivity contribution >= 4 is 16.7 Å². The van der Waals surface area contributed by atoms with E-state index in [9.17, 15) is 4.79 Å². The molecule has 0 atom stereocenters. The molecular weight excluding hydrogens is 404 g/mol. The van der Waals surface area contributed by atoms with Crippen molar-refractivity contribution < 1.29 is 4.74 Å². The molecule has 1 aliphatic carbocycles. The molecule has 0 bridgehead atoms. The molecule has 0 saturated heterocycles. The van der Waals surface area contributed by atoms with Crippen LogP contribution in [-0.4, -0.2) is 43.8 Å². The minimum Gasteiger partial charge on any atom is -0.493 e. The molecule has 1 aliphatic rings. The van der Waals surface area contributed by atoms with Gasteiger partial charge < -0.3 is 15.0 Å².